The number of nitrogens with zero attached hydrogens (tertiary/aromatic N) is 2. The lowest BCUT2D eigenvalue weighted by molar-refractivity contribution is -0.110. The van der Waals surface area contributed by atoms with Crippen LogP contribution in [0.5, 0.6) is 0 Å². The molecule has 1 aliphatic rings. The molecule has 106 valence electrons. The molecule has 0 amide bonds. The third-order valence-electron chi connectivity index (χ3n) is 3.36. The number of methoxy groups -OCH3 is 3. The van der Waals surface area contributed by atoms with Crippen molar-refractivity contribution in [2.45, 2.75) is 18.1 Å². The molecule has 0 radical (unpaired) electrons. The standard InChI is InChI=1S/C13H20N2O4/c1-16-7-5-13(8-19-9-13)12-14-6-4-10(15-12)11(17-2)18-3/h4,6,11H,5,7-9H2,1-3H3. The number of hydrogen-bond acceptors (Lipinski definition) is 6. The Labute approximate surface area is 113 Å². The summed E-state index contributed by atoms with van der Waals surface area (Å²) in [5, 5.41) is 0. The number of aromatic nitrogens is 2. The highest BCUT2D eigenvalue weighted by Crippen LogP contribution is 2.34. The van der Waals surface area contributed by atoms with Crippen LogP contribution >= 0.6 is 0 Å². The predicted molar refractivity (Wildman–Crippen MR) is 67.8 cm³/mol. The van der Waals surface area contributed by atoms with Crippen molar-refractivity contribution in [3.63, 3.8) is 0 Å². The van der Waals surface area contributed by atoms with Crippen LogP contribution in [0.1, 0.15) is 24.2 Å². The molecule has 1 aromatic heterocycles. The Morgan fingerprint density at radius 1 is 1.32 bits per heavy atom. The van der Waals surface area contributed by atoms with E-state index in [-0.39, 0.29) is 5.41 Å². The molecule has 0 spiro atoms. The highest BCUT2D eigenvalue weighted by atomic mass is 16.7. The van der Waals surface area contributed by atoms with Gasteiger partial charge in [-0.25, -0.2) is 9.97 Å². The van der Waals surface area contributed by atoms with Gasteiger partial charge in [0.1, 0.15) is 5.82 Å². The van der Waals surface area contributed by atoms with Crippen LogP contribution in [-0.4, -0.2) is 51.1 Å². The summed E-state index contributed by atoms with van der Waals surface area (Å²) < 4.78 is 20.9. The van der Waals surface area contributed by atoms with E-state index in [1.807, 2.05) is 0 Å². The van der Waals surface area contributed by atoms with Gasteiger partial charge in [-0.2, -0.15) is 0 Å². The number of hydrogen-bond donors (Lipinski definition) is 0. The Morgan fingerprint density at radius 3 is 2.58 bits per heavy atom. The fraction of sp³-hybridized carbons (Fsp3) is 0.692. The smallest absolute Gasteiger partial charge is 0.200 e. The summed E-state index contributed by atoms with van der Waals surface area (Å²) in [4.78, 5) is 8.94. The van der Waals surface area contributed by atoms with Crippen molar-refractivity contribution in [1.29, 1.82) is 0 Å². The maximum Gasteiger partial charge on any atom is 0.200 e. The molecular weight excluding hydrogens is 248 g/mol. The molecule has 0 aromatic carbocycles. The zero-order valence-electron chi connectivity index (χ0n) is 11.6. The third kappa shape index (κ3) is 2.92. The fourth-order valence-electron chi connectivity index (χ4n) is 2.13. The molecule has 6 heteroatoms. The lowest BCUT2D eigenvalue weighted by Crippen LogP contribution is -2.49. The van der Waals surface area contributed by atoms with E-state index in [1.165, 1.54) is 0 Å². The van der Waals surface area contributed by atoms with Crippen molar-refractivity contribution in [1.82, 2.24) is 9.97 Å². The molecule has 1 aromatic rings. The lowest BCUT2D eigenvalue weighted by atomic mass is 9.81. The van der Waals surface area contributed by atoms with Gasteiger partial charge in [-0.3, -0.25) is 0 Å². The van der Waals surface area contributed by atoms with Gasteiger partial charge in [0.25, 0.3) is 0 Å². The lowest BCUT2D eigenvalue weighted by Gasteiger charge is -2.40. The molecule has 1 fully saturated rings. The SMILES string of the molecule is COCCC1(c2nccc(C(OC)OC)n2)COC1. The van der Waals surface area contributed by atoms with Gasteiger partial charge >= 0.3 is 0 Å². The Hall–Kier alpha value is -1.08. The van der Waals surface area contributed by atoms with Crippen LogP contribution in [0.15, 0.2) is 12.3 Å². The highest BCUT2D eigenvalue weighted by Gasteiger charge is 2.43. The van der Waals surface area contributed by atoms with Crippen molar-refractivity contribution in [2.75, 3.05) is 41.2 Å². The number of ether oxygens (including phenoxy) is 4. The summed E-state index contributed by atoms with van der Waals surface area (Å²) in [5.74, 6) is 0.771. The second kappa shape index (κ2) is 6.38. The highest BCUT2D eigenvalue weighted by molar-refractivity contribution is 5.16. The van der Waals surface area contributed by atoms with Crippen LogP contribution in [0.3, 0.4) is 0 Å². The van der Waals surface area contributed by atoms with E-state index < -0.39 is 6.29 Å². The average Bonchev–Trinajstić information content (AvgIpc) is 2.40. The molecule has 19 heavy (non-hydrogen) atoms. The van der Waals surface area contributed by atoms with Crippen molar-refractivity contribution in [3.05, 3.63) is 23.8 Å². The van der Waals surface area contributed by atoms with Crippen molar-refractivity contribution in [2.24, 2.45) is 0 Å². The van der Waals surface area contributed by atoms with Crippen molar-refractivity contribution < 1.29 is 18.9 Å². The molecule has 1 aliphatic heterocycles. The van der Waals surface area contributed by atoms with Gasteiger partial charge in [0.05, 0.1) is 24.3 Å². The minimum absolute atomic E-state index is 0.141. The topological polar surface area (TPSA) is 62.7 Å². The van der Waals surface area contributed by atoms with E-state index in [1.54, 1.807) is 33.6 Å². The Kier molecular flexibility index (Phi) is 4.81. The Balaban J connectivity index is 2.21. The molecule has 0 N–H and O–H groups in total. The third-order valence-corrected chi connectivity index (χ3v) is 3.36. The zero-order valence-corrected chi connectivity index (χ0v) is 11.6. The van der Waals surface area contributed by atoms with Gasteiger partial charge in [0, 0.05) is 34.1 Å². The first-order valence-electron chi connectivity index (χ1n) is 6.21. The van der Waals surface area contributed by atoms with E-state index in [9.17, 15) is 0 Å². The first kappa shape index (κ1) is 14.3. The molecule has 0 saturated carbocycles. The molecule has 0 aliphatic carbocycles. The quantitative estimate of drug-likeness (QED) is 0.689. The summed E-state index contributed by atoms with van der Waals surface area (Å²) in [6.07, 6.45) is 2.11. The van der Waals surface area contributed by atoms with Crippen LogP contribution in [0, 0.1) is 0 Å². The normalized spacial score (nSPS) is 17.5. The maximum absolute atomic E-state index is 5.34. The van der Waals surface area contributed by atoms with Crippen LogP contribution in [0.25, 0.3) is 0 Å². The first-order chi connectivity index (χ1) is 9.25. The molecule has 1 saturated heterocycles. The van der Waals surface area contributed by atoms with Crippen molar-refractivity contribution in [3.8, 4) is 0 Å². The molecule has 0 bridgehead atoms. The van der Waals surface area contributed by atoms with E-state index in [0.29, 0.717) is 19.8 Å². The van der Waals surface area contributed by atoms with Gasteiger partial charge in [0.2, 0.25) is 6.29 Å². The predicted octanol–water partition coefficient (Wildman–Crippen LogP) is 1.07. The van der Waals surface area contributed by atoms with Crippen LogP contribution in [0.4, 0.5) is 0 Å². The fourth-order valence-corrected chi connectivity index (χ4v) is 2.13. The molecule has 0 unspecified atom stereocenters. The summed E-state index contributed by atoms with van der Waals surface area (Å²) in [7, 11) is 4.86. The van der Waals surface area contributed by atoms with Crippen molar-refractivity contribution >= 4 is 0 Å². The van der Waals surface area contributed by atoms with E-state index in [0.717, 1.165) is 17.9 Å². The van der Waals surface area contributed by atoms with Gasteiger partial charge in [-0.1, -0.05) is 0 Å². The van der Waals surface area contributed by atoms with Gasteiger partial charge in [-0.05, 0) is 12.5 Å². The summed E-state index contributed by atoms with van der Waals surface area (Å²) >= 11 is 0. The average molecular weight is 268 g/mol. The Bertz CT molecular complexity index is 405. The minimum atomic E-state index is -0.470. The van der Waals surface area contributed by atoms with Crippen LogP contribution in [-0.2, 0) is 24.4 Å². The number of rotatable bonds is 7. The van der Waals surface area contributed by atoms with Gasteiger partial charge in [-0.15, -0.1) is 0 Å². The second-order valence-electron chi connectivity index (χ2n) is 4.62. The van der Waals surface area contributed by atoms with E-state index >= 15 is 0 Å². The monoisotopic (exact) mass is 268 g/mol. The molecular formula is C13H20N2O4. The Morgan fingerprint density at radius 2 is 2.05 bits per heavy atom. The largest absolute Gasteiger partial charge is 0.385 e. The molecule has 0 atom stereocenters. The zero-order chi connectivity index (χ0) is 13.7. The van der Waals surface area contributed by atoms with E-state index in [4.69, 9.17) is 18.9 Å². The minimum Gasteiger partial charge on any atom is -0.385 e. The first-order valence-corrected chi connectivity index (χ1v) is 6.21. The molecule has 6 nitrogen and oxygen atoms in total. The van der Waals surface area contributed by atoms with Gasteiger partial charge in [0.15, 0.2) is 0 Å². The van der Waals surface area contributed by atoms with E-state index in [2.05, 4.69) is 9.97 Å². The van der Waals surface area contributed by atoms with Gasteiger partial charge < -0.3 is 18.9 Å². The maximum atomic E-state index is 5.34. The molecule has 2 rings (SSSR count). The van der Waals surface area contributed by atoms with Crippen LogP contribution < -0.4 is 0 Å². The summed E-state index contributed by atoms with van der Waals surface area (Å²) in [6, 6.07) is 1.80. The summed E-state index contributed by atoms with van der Waals surface area (Å²) in [5.41, 5.74) is 0.580. The second-order valence-corrected chi connectivity index (χ2v) is 4.62. The van der Waals surface area contributed by atoms with Crippen LogP contribution in [0.2, 0.25) is 0 Å². The summed E-state index contributed by atoms with van der Waals surface area (Å²) in [6.45, 7) is 1.92. The molecule has 2 heterocycles.